The maximum absolute atomic E-state index is 12.4. The van der Waals surface area contributed by atoms with E-state index in [2.05, 4.69) is 5.10 Å². The van der Waals surface area contributed by atoms with E-state index in [0.29, 0.717) is 24.5 Å². The van der Waals surface area contributed by atoms with Crippen LogP contribution in [0.15, 0.2) is 6.07 Å². The number of rotatable bonds is 4. The fourth-order valence-corrected chi connectivity index (χ4v) is 2.99. The Morgan fingerprint density at radius 3 is 2.56 bits per heavy atom. The lowest BCUT2D eigenvalue weighted by Gasteiger charge is -2.32. The molecule has 3 rings (SSSR count). The van der Waals surface area contributed by atoms with Crippen molar-refractivity contribution in [2.24, 2.45) is 0 Å². The Kier molecular flexibility index (Phi) is 4.96. The molecule has 0 saturated carbocycles. The normalized spacial score (nSPS) is 25.2. The van der Waals surface area contributed by atoms with Crippen molar-refractivity contribution in [2.75, 3.05) is 13.2 Å². The van der Waals surface area contributed by atoms with Gasteiger partial charge in [0.15, 0.2) is 6.23 Å². The zero-order valence-electron chi connectivity index (χ0n) is 15.7. The quantitative estimate of drug-likeness (QED) is 0.611. The summed E-state index contributed by atoms with van der Waals surface area (Å²) < 4.78 is 24.7. The molecule has 138 valence electrons. The number of ether oxygens (including phenoxy) is 2. The van der Waals surface area contributed by atoms with Gasteiger partial charge in [-0.3, -0.25) is 0 Å². The van der Waals surface area contributed by atoms with Crippen molar-refractivity contribution in [2.45, 2.75) is 71.3 Å². The van der Waals surface area contributed by atoms with Crippen LogP contribution >= 0.6 is 0 Å². The number of hydrogen-bond donors (Lipinski definition) is 0. The van der Waals surface area contributed by atoms with Gasteiger partial charge in [-0.2, -0.15) is 5.10 Å². The largest absolute Gasteiger partial charge is 0.516 e. The number of hydrogen-bond acceptors (Lipinski definition) is 6. The molecule has 2 fully saturated rings. The van der Waals surface area contributed by atoms with Crippen molar-refractivity contribution >= 4 is 18.7 Å². The zero-order valence-corrected chi connectivity index (χ0v) is 15.7. The summed E-state index contributed by atoms with van der Waals surface area (Å²) in [6, 6.07) is 1.69. The van der Waals surface area contributed by atoms with E-state index < -0.39 is 24.3 Å². The molecule has 0 aromatic carbocycles. The predicted octanol–water partition coefficient (Wildman–Crippen LogP) is 2.06. The molecule has 0 aliphatic carbocycles. The third-order valence-electron chi connectivity index (χ3n) is 5.16. The molecule has 2 aliphatic rings. The molecule has 1 atom stereocenters. The van der Waals surface area contributed by atoms with E-state index in [1.165, 1.54) is 0 Å². The minimum absolute atomic E-state index is 0.260. The lowest BCUT2D eigenvalue weighted by atomic mass is 9.85. The molecule has 0 bridgehead atoms. The molecular formula is C17H27BN2O5. The van der Waals surface area contributed by atoms with E-state index in [9.17, 15) is 4.79 Å². The third-order valence-corrected chi connectivity index (χ3v) is 5.16. The van der Waals surface area contributed by atoms with Gasteiger partial charge in [0.1, 0.15) is 5.69 Å². The lowest BCUT2D eigenvalue weighted by Crippen LogP contribution is -2.41. The molecule has 2 aliphatic heterocycles. The Balaban J connectivity index is 1.92. The van der Waals surface area contributed by atoms with Crippen LogP contribution in [0.3, 0.4) is 0 Å². The van der Waals surface area contributed by atoms with Crippen LogP contribution in [-0.2, 0) is 18.8 Å². The van der Waals surface area contributed by atoms with Gasteiger partial charge in [-0.1, -0.05) is 0 Å². The highest BCUT2D eigenvalue weighted by Crippen LogP contribution is 2.36. The Labute approximate surface area is 149 Å². The summed E-state index contributed by atoms with van der Waals surface area (Å²) in [6.45, 7) is 10.7. The molecule has 3 heterocycles. The minimum Gasteiger partial charge on any atom is -0.461 e. The molecule has 7 nitrogen and oxygen atoms in total. The maximum atomic E-state index is 12.4. The molecule has 0 N–H and O–H groups in total. The van der Waals surface area contributed by atoms with Crippen LogP contribution in [0.4, 0.5) is 0 Å². The fourth-order valence-electron chi connectivity index (χ4n) is 2.99. The predicted molar refractivity (Wildman–Crippen MR) is 92.7 cm³/mol. The van der Waals surface area contributed by atoms with Crippen molar-refractivity contribution in [3.8, 4) is 0 Å². The van der Waals surface area contributed by atoms with Crippen LogP contribution in [0.5, 0.6) is 0 Å². The summed E-state index contributed by atoms with van der Waals surface area (Å²) in [5, 5.41) is 4.59. The van der Waals surface area contributed by atoms with Crippen molar-refractivity contribution in [3.05, 3.63) is 11.8 Å². The molecule has 0 spiro atoms. The first kappa shape index (κ1) is 18.4. The van der Waals surface area contributed by atoms with Gasteiger partial charge in [-0.15, -0.1) is 0 Å². The first-order valence-corrected chi connectivity index (χ1v) is 8.99. The zero-order chi connectivity index (χ0) is 18.2. The molecule has 1 aromatic heterocycles. The SMILES string of the molecule is CCOC(=O)c1cc(B2OC(C)(C)C(C)(C)O2)nn1C1CCCCO1. The number of nitrogens with zero attached hydrogens (tertiary/aromatic N) is 2. The van der Waals surface area contributed by atoms with Gasteiger partial charge in [0.25, 0.3) is 0 Å². The summed E-state index contributed by atoms with van der Waals surface area (Å²) in [6.07, 6.45) is 2.62. The Morgan fingerprint density at radius 1 is 1.32 bits per heavy atom. The van der Waals surface area contributed by atoms with E-state index in [-0.39, 0.29) is 6.23 Å². The van der Waals surface area contributed by atoms with E-state index >= 15 is 0 Å². The molecule has 8 heteroatoms. The van der Waals surface area contributed by atoms with Crippen molar-refractivity contribution < 1.29 is 23.6 Å². The Hall–Kier alpha value is -1.38. The first-order valence-electron chi connectivity index (χ1n) is 8.99. The lowest BCUT2D eigenvalue weighted by molar-refractivity contribution is -0.0415. The van der Waals surface area contributed by atoms with Gasteiger partial charge >= 0.3 is 13.1 Å². The smallest absolute Gasteiger partial charge is 0.461 e. The number of carbonyl (C=O) groups is 1. The van der Waals surface area contributed by atoms with Crippen LogP contribution in [0.25, 0.3) is 0 Å². The molecule has 0 radical (unpaired) electrons. The van der Waals surface area contributed by atoms with E-state index in [4.69, 9.17) is 18.8 Å². The van der Waals surface area contributed by atoms with Gasteiger partial charge in [-0.05, 0) is 59.9 Å². The van der Waals surface area contributed by atoms with Crippen molar-refractivity contribution in [1.29, 1.82) is 0 Å². The highest BCUT2D eigenvalue weighted by Gasteiger charge is 2.53. The van der Waals surface area contributed by atoms with E-state index in [1.54, 1.807) is 17.7 Å². The molecule has 0 amide bonds. The van der Waals surface area contributed by atoms with Gasteiger partial charge < -0.3 is 18.8 Å². The van der Waals surface area contributed by atoms with Crippen LogP contribution < -0.4 is 5.59 Å². The van der Waals surface area contributed by atoms with Crippen LogP contribution in [-0.4, -0.2) is 47.3 Å². The maximum Gasteiger partial charge on any atom is 0.516 e. The molecule has 1 aromatic rings. The molecule has 25 heavy (non-hydrogen) atoms. The topological polar surface area (TPSA) is 71.8 Å². The average molecular weight is 350 g/mol. The van der Waals surface area contributed by atoms with Gasteiger partial charge in [0.05, 0.1) is 23.4 Å². The van der Waals surface area contributed by atoms with Crippen molar-refractivity contribution in [3.63, 3.8) is 0 Å². The first-order chi connectivity index (χ1) is 11.7. The number of aromatic nitrogens is 2. The fraction of sp³-hybridized carbons (Fsp3) is 0.765. The van der Waals surface area contributed by atoms with Crippen LogP contribution in [0, 0.1) is 0 Å². The third kappa shape index (κ3) is 3.48. The van der Waals surface area contributed by atoms with Crippen LogP contribution in [0.1, 0.15) is 70.6 Å². The van der Waals surface area contributed by atoms with Crippen LogP contribution in [0.2, 0.25) is 0 Å². The Bertz CT molecular complexity index is 621. The summed E-state index contributed by atoms with van der Waals surface area (Å²) >= 11 is 0. The summed E-state index contributed by atoms with van der Waals surface area (Å²) in [7, 11) is -0.622. The van der Waals surface area contributed by atoms with E-state index in [1.807, 2.05) is 27.7 Å². The van der Waals surface area contributed by atoms with E-state index in [0.717, 1.165) is 19.3 Å². The molecule has 1 unspecified atom stereocenters. The van der Waals surface area contributed by atoms with Gasteiger partial charge in [0.2, 0.25) is 0 Å². The number of esters is 1. The summed E-state index contributed by atoms with van der Waals surface area (Å²) in [5.74, 6) is -0.410. The average Bonchev–Trinajstić information content (AvgIpc) is 3.08. The standard InChI is InChI=1S/C17H27BN2O5/c1-6-22-15(21)12-11-13(18-24-16(2,3)17(4,5)25-18)19-20(12)14-9-7-8-10-23-14/h11,14H,6-10H2,1-5H3. The second-order valence-corrected chi connectivity index (χ2v) is 7.53. The summed E-state index contributed by atoms with van der Waals surface area (Å²) in [5.41, 5.74) is 0.00840. The highest BCUT2D eigenvalue weighted by atomic mass is 16.7. The minimum atomic E-state index is -0.622. The Morgan fingerprint density at radius 2 is 2.00 bits per heavy atom. The highest BCUT2D eigenvalue weighted by molar-refractivity contribution is 6.61. The van der Waals surface area contributed by atoms with Crippen molar-refractivity contribution in [1.82, 2.24) is 9.78 Å². The second kappa shape index (κ2) is 6.74. The molecule has 2 saturated heterocycles. The van der Waals surface area contributed by atoms with Gasteiger partial charge in [-0.25, -0.2) is 9.48 Å². The monoisotopic (exact) mass is 350 g/mol. The molecular weight excluding hydrogens is 323 g/mol. The second-order valence-electron chi connectivity index (χ2n) is 7.53. The summed E-state index contributed by atoms with van der Waals surface area (Å²) in [4.78, 5) is 12.4. The van der Waals surface area contributed by atoms with Gasteiger partial charge in [0, 0.05) is 6.61 Å². The number of carbonyl (C=O) groups excluding carboxylic acids is 1.